The smallest absolute Gasteiger partial charge is 0.235 e. The zero-order valence-corrected chi connectivity index (χ0v) is 23.6. The Hall–Kier alpha value is -3.03. The highest BCUT2D eigenvalue weighted by molar-refractivity contribution is 7.99. The van der Waals surface area contributed by atoms with Gasteiger partial charge in [0.25, 0.3) is 0 Å². The highest BCUT2D eigenvalue weighted by atomic mass is 32.2. The second-order valence-electron chi connectivity index (χ2n) is 10.0. The molecule has 37 heavy (non-hydrogen) atoms. The van der Waals surface area contributed by atoms with Gasteiger partial charge in [-0.1, -0.05) is 44.7 Å². The minimum Gasteiger partial charge on any atom is -0.493 e. The molecule has 0 aliphatic heterocycles. The standard InChI is InChI=1S/C27H33N5O3S2/c1-6-32-23(15-35-21-10-8-7-9-20(21)34-5)30-31-26(32)36-16-24(33)29-25-19(14-28)18-12-11-17(27(2,3)4)13-22(18)37-25/h7-10,17H,6,11-13,15-16H2,1-5H3,(H,29,33)/t17-/m0/s1. The molecule has 0 unspecified atom stereocenters. The van der Waals surface area contributed by atoms with Crippen LogP contribution in [0.25, 0.3) is 0 Å². The van der Waals surface area contributed by atoms with Gasteiger partial charge in [-0.3, -0.25) is 4.79 Å². The fourth-order valence-corrected chi connectivity index (χ4v) is 6.67. The van der Waals surface area contributed by atoms with Gasteiger partial charge in [-0.05, 0) is 55.2 Å². The molecule has 1 aliphatic carbocycles. The molecule has 0 bridgehead atoms. The van der Waals surface area contributed by atoms with E-state index in [1.807, 2.05) is 35.8 Å². The molecular weight excluding hydrogens is 506 g/mol. The van der Waals surface area contributed by atoms with Crippen molar-refractivity contribution in [1.82, 2.24) is 14.8 Å². The van der Waals surface area contributed by atoms with Crippen molar-refractivity contribution in [3.8, 4) is 17.6 Å². The molecule has 4 rings (SSSR count). The molecule has 1 aliphatic rings. The number of para-hydroxylation sites is 2. The number of nitrogens with zero attached hydrogens (tertiary/aromatic N) is 4. The summed E-state index contributed by atoms with van der Waals surface area (Å²) in [5.41, 5.74) is 1.96. The molecule has 0 radical (unpaired) electrons. The summed E-state index contributed by atoms with van der Waals surface area (Å²) in [5.74, 6) is 2.53. The summed E-state index contributed by atoms with van der Waals surface area (Å²) in [6.45, 7) is 9.69. The number of amides is 1. The third kappa shape index (κ3) is 6.11. The van der Waals surface area contributed by atoms with E-state index < -0.39 is 0 Å². The molecule has 10 heteroatoms. The van der Waals surface area contributed by atoms with E-state index in [0.29, 0.717) is 45.5 Å². The van der Waals surface area contributed by atoms with Crippen LogP contribution < -0.4 is 14.8 Å². The summed E-state index contributed by atoms with van der Waals surface area (Å²) in [6, 6.07) is 9.78. The van der Waals surface area contributed by atoms with Crippen molar-refractivity contribution >= 4 is 34.0 Å². The highest BCUT2D eigenvalue weighted by Gasteiger charge is 2.32. The van der Waals surface area contributed by atoms with Gasteiger partial charge < -0.3 is 19.4 Å². The van der Waals surface area contributed by atoms with E-state index in [1.165, 1.54) is 16.6 Å². The van der Waals surface area contributed by atoms with Gasteiger partial charge in [0.05, 0.1) is 18.4 Å². The molecule has 8 nitrogen and oxygen atoms in total. The third-order valence-corrected chi connectivity index (χ3v) is 8.86. The maximum absolute atomic E-state index is 12.8. The first-order valence-corrected chi connectivity index (χ1v) is 14.2. The Kier molecular flexibility index (Phi) is 8.45. The molecule has 196 valence electrons. The van der Waals surface area contributed by atoms with Crippen LogP contribution in [0.2, 0.25) is 0 Å². The summed E-state index contributed by atoms with van der Waals surface area (Å²) in [5, 5.41) is 22.6. The maximum atomic E-state index is 12.8. The predicted molar refractivity (Wildman–Crippen MR) is 146 cm³/mol. The van der Waals surface area contributed by atoms with E-state index in [0.717, 1.165) is 24.8 Å². The molecule has 1 amide bonds. The average Bonchev–Trinajstić information content (AvgIpc) is 3.44. The van der Waals surface area contributed by atoms with Crippen molar-refractivity contribution in [1.29, 1.82) is 5.26 Å². The number of benzene rings is 1. The Morgan fingerprint density at radius 2 is 2.05 bits per heavy atom. The Labute approximate surface area is 226 Å². The lowest BCUT2D eigenvalue weighted by molar-refractivity contribution is -0.113. The molecule has 0 saturated carbocycles. The summed E-state index contributed by atoms with van der Waals surface area (Å²) >= 11 is 2.87. The van der Waals surface area contributed by atoms with E-state index in [9.17, 15) is 10.1 Å². The molecule has 0 spiro atoms. The predicted octanol–water partition coefficient (Wildman–Crippen LogP) is 5.70. The van der Waals surface area contributed by atoms with E-state index in [2.05, 4.69) is 42.4 Å². The summed E-state index contributed by atoms with van der Waals surface area (Å²) < 4.78 is 13.2. The molecule has 0 fully saturated rings. The van der Waals surface area contributed by atoms with Gasteiger partial charge >= 0.3 is 0 Å². The molecule has 2 aromatic heterocycles. The van der Waals surface area contributed by atoms with Crippen LogP contribution in [0, 0.1) is 22.7 Å². The van der Waals surface area contributed by atoms with Crippen LogP contribution >= 0.6 is 23.1 Å². The SMILES string of the molecule is CCn1c(COc2ccccc2OC)nnc1SCC(=O)Nc1sc2c(c1C#N)CC[C@H](C(C)(C)C)C2. The summed E-state index contributed by atoms with van der Waals surface area (Å²) in [4.78, 5) is 14.1. The first kappa shape index (κ1) is 27.0. The first-order chi connectivity index (χ1) is 17.7. The lowest BCUT2D eigenvalue weighted by Gasteiger charge is -2.33. The number of hydrogen-bond acceptors (Lipinski definition) is 8. The number of hydrogen-bond donors (Lipinski definition) is 1. The van der Waals surface area contributed by atoms with Crippen LogP contribution in [0.5, 0.6) is 11.5 Å². The number of ether oxygens (including phenoxy) is 2. The number of carbonyl (C=O) groups excluding carboxylic acids is 1. The normalized spacial score (nSPS) is 15.1. The topological polar surface area (TPSA) is 102 Å². The molecule has 2 heterocycles. The highest BCUT2D eigenvalue weighted by Crippen LogP contribution is 2.44. The van der Waals surface area contributed by atoms with Gasteiger partial charge in [0.15, 0.2) is 22.5 Å². The van der Waals surface area contributed by atoms with E-state index >= 15 is 0 Å². The fraction of sp³-hybridized carbons (Fsp3) is 0.481. The zero-order valence-electron chi connectivity index (χ0n) is 22.0. The van der Waals surface area contributed by atoms with Gasteiger partial charge in [0.1, 0.15) is 17.7 Å². The number of thioether (sulfide) groups is 1. The van der Waals surface area contributed by atoms with Crippen LogP contribution in [0.1, 0.15) is 55.9 Å². The summed E-state index contributed by atoms with van der Waals surface area (Å²) in [6.07, 6.45) is 2.92. The van der Waals surface area contributed by atoms with Crippen LogP contribution in [-0.2, 0) is 30.8 Å². The molecule has 3 aromatic rings. The van der Waals surface area contributed by atoms with Crippen LogP contribution in [0.4, 0.5) is 5.00 Å². The van der Waals surface area contributed by atoms with E-state index in [1.54, 1.807) is 18.4 Å². The number of methoxy groups -OCH3 is 1. The Morgan fingerprint density at radius 1 is 1.30 bits per heavy atom. The van der Waals surface area contributed by atoms with Gasteiger partial charge in [0, 0.05) is 11.4 Å². The number of nitriles is 1. The Bertz CT molecular complexity index is 1300. The van der Waals surface area contributed by atoms with Gasteiger partial charge in [-0.15, -0.1) is 21.5 Å². The van der Waals surface area contributed by atoms with Crippen molar-refractivity contribution in [2.45, 2.75) is 65.3 Å². The number of thiophene rings is 1. The Morgan fingerprint density at radius 3 is 2.73 bits per heavy atom. The molecule has 1 atom stereocenters. The first-order valence-electron chi connectivity index (χ1n) is 12.4. The van der Waals surface area contributed by atoms with Crippen LogP contribution in [-0.4, -0.2) is 33.5 Å². The van der Waals surface area contributed by atoms with Crippen molar-refractivity contribution in [2.75, 3.05) is 18.2 Å². The third-order valence-electron chi connectivity index (χ3n) is 6.72. The van der Waals surface area contributed by atoms with Gasteiger partial charge in [-0.2, -0.15) is 5.26 Å². The fourth-order valence-electron chi connectivity index (χ4n) is 4.55. The number of fused-ring (bicyclic) bond motifs is 1. The molecular formula is C27H33N5O3S2. The van der Waals surface area contributed by atoms with E-state index in [4.69, 9.17) is 9.47 Å². The van der Waals surface area contributed by atoms with Crippen molar-refractivity contribution < 1.29 is 14.3 Å². The van der Waals surface area contributed by atoms with Gasteiger partial charge in [0.2, 0.25) is 5.91 Å². The summed E-state index contributed by atoms with van der Waals surface area (Å²) in [7, 11) is 1.60. The van der Waals surface area contributed by atoms with Crippen molar-refractivity contribution in [3.05, 3.63) is 46.1 Å². The van der Waals surface area contributed by atoms with Gasteiger partial charge in [-0.25, -0.2) is 0 Å². The number of rotatable bonds is 9. The average molecular weight is 540 g/mol. The number of aromatic nitrogens is 3. The minimum atomic E-state index is -0.162. The monoisotopic (exact) mass is 539 g/mol. The second kappa shape index (κ2) is 11.6. The molecule has 1 N–H and O–H groups in total. The molecule has 0 saturated heterocycles. The van der Waals surface area contributed by atoms with Crippen molar-refractivity contribution in [2.24, 2.45) is 11.3 Å². The lowest BCUT2D eigenvalue weighted by Crippen LogP contribution is -2.26. The quantitative estimate of drug-likeness (QED) is 0.348. The Balaban J connectivity index is 1.39. The zero-order chi connectivity index (χ0) is 26.6. The maximum Gasteiger partial charge on any atom is 0.235 e. The van der Waals surface area contributed by atoms with Crippen LogP contribution in [0.15, 0.2) is 29.4 Å². The number of carbonyl (C=O) groups is 1. The largest absolute Gasteiger partial charge is 0.493 e. The minimum absolute atomic E-state index is 0.162. The van der Waals surface area contributed by atoms with E-state index in [-0.39, 0.29) is 23.7 Å². The van der Waals surface area contributed by atoms with Crippen LogP contribution in [0.3, 0.4) is 0 Å². The molecule has 1 aromatic carbocycles. The lowest BCUT2D eigenvalue weighted by atomic mass is 9.72. The number of anilines is 1. The number of nitrogens with one attached hydrogen (secondary N) is 1. The second-order valence-corrected chi connectivity index (χ2v) is 12.1. The van der Waals surface area contributed by atoms with Crippen molar-refractivity contribution in [3.63, 3.8) is 0 Å².